The van der Waals surface area contributed by atoms with E-state index in [0.717, 1.165) is 33.8 Å². The Morgan fingerprint density at radius 1 is 0.943 bits per heavy atom. The Hall–Kier alpha value is -4.16. The number of nitrogens with one attached hydrogen (secondary N) is 2. The van der Waals surface area contributed by atoms with Gasteiger partial charge in [0.15, 0.2) is 0 Å². The molecular weight excluding hydrogens is 438 g/mol. The summed E-state index contributed by atoms with van der Waals surface area (Å²) >= 11 is 0. The Balaban J connectivity index is 1.67. The minimum Gasteiger partial charge on any atom is -0.497 e. The van der Waals surface area contributed by atoms with Gasteiger partial charge in [-0.2, -0.15) is 0 Å². The molecule has 1 heterocycles. The molecule has 1 amide bonds. The van der Waals surface area contributed by atoms with Gasteiger partial charge in [0.05, 0.1) is 7.11 Å². The molecule has 6 nitrogen and oxygen atoms in total. The van der Waals surface area contributed by atoms with E-state index in [1.807, 2.05) is 48.7 Å². The van der Waals surface area contributed by atoms with Crippen molar-refractivity contribution in [2.24, 2.45) is 0 Å². The van der Waals surface area contributed by atoms with Crippen molar-refractivity contribution < 1.29 is 14.7 Å². The molecule has 0 unspecified atom stereocenters. The molecule has 6 heteroatoms. The third-order valence-electron chi connectivity index (χ3n) is 6.28. The third-order valence-corrected chi connectivity index (χ3v) is 6.28. The second kappa shape index (κ2) is 10.4. The first-order valence-corrected chi connectivity index (χ1v) is 11.4. The second-order valence-corrected chi connectivity index (χ2v) is 8.83. The van der Waals surface area contributed by atoms with Crippen LogP contribution in [0.5, 0.6) is 5.75 Å². The Morgan fingerprint density at radius 2 is 1.63 bits per heavy atom. The number of hydroxylamine groups is 1. The average Bonchev–Trinajstić information content (AvgIpc) is 2.92. The van der Waals surface area contributed by atoms with Gasteiger partial charge in [-0.15, -0.1) is 0 Å². The molecule has 4 aromatic rings. The van der Waals surface area contributed by atoms with Gasteiger partial charge in [-0.25, -0.2) is 10.5 Å². The quantitative estimate of drug-likeness (QED) is 0.225. The smallest absolute Gasteiger partial charge is 0.274 e. The van der Waals surface area contributed by atoms with Crippen molar-refractivity contribution in [3.63, 3.8) is 0 Å². The van der Waals surface area contributed by atoms with Gasteiger partial charge in [0.2, 0.25) is 0 Å². The number of carbonyl (C=O) groups is 1. The highest BCUT2D eigenvalue weighted by atomic mass is 16.5. The molecule has 0 saturated carbocycles. The molecule has 4 rings (SSSR count). The van der Waals surface area contributed by atoms with Gasteiger partial charge >= 0.3 is 0 Å². The zero-order chi connectivity index (χ0) is 24.8. The first kappa shape index (κ1) is 24.0. The van der Waals surface area contributed by atoms with E-state index >= 15 is 0 Å². The van der Waals surface area contributed by atoms with Crippen molar-refractivity contribution in [2.45, 2.75) is 25.8 Å². The Morgan fingerprint density at radius 3 is 2.26 bits per heavy atom. The lowest BCUT2D eigenvalue weighted by Gasteiger charge is -2.27. The van der Waals surface area contributed by atoms with Gasteiger partial charge in [0, 0.05) is 29.3 Å². The molecule has 0 atom stereocenters. The maximum atomic E-state index is 11.6. The van der Waals surface area contributed by atoms with Crippen LogP contribution in [0.4, 0.5) is 5.82 Å². The minimum absolute atomic E-state index is 0.225. The number of aromatic nitrogens is 1. The number of benzene rings is 3. The van der Waals surface area contributed by atoms with Gasteiger partial charge in [0.25, 0.3) is 5.91 Å². The van der Waals surface area contributed by atoms with Crippen molar-refractivity contribution >= 4 is 11.7 Å². The highest BCUT2D eigenvalue weighted by Gasteiger charge is 2.25. The predicted molar refractivity (Wildman–Crippen MR) is 138 cm³/mol. The van der Waals surface area contributed by atoms with Gasteiger partial charge in [-0.05, 0) is 52.6 Å². The van der Waals surface area contributed by atoms with E-state index in [2.05, 4.69) is 49.5 Å². The molecule has 0 radical (unpaired) electrons. The molecule has 0 aliphatic carbocycles. The lowest BCUT2D eigenvalue weighted by Crippen LogP contribution is -2.19. The molecule has 0 spiro atoms. The van der Waals surface area contributed by atoms with Crippen LogP contribution in [0, 0.1) is 0 Å². The highest BCUT2D eigenvalue weighted by Crippen LogP contribution is 2.36. The van der Waals surface area contributed by atoms with Crippen molar-refractivity contribution in [3.05, 3.63) is 113 Å². The average molecular weight is 468 g/mol. The van der Waals surface area contributed by atoms with E-state index in [1.54, 1.807) is 24.7 Å². The third kappa shape index (κ3) is 5.34. The Bertz CT molecular complexity index is 1290. The van der Waals surface area contributed by atoms with Crippen LogP contribution in [-0.4, -0.2) is 23.2 Å². The summed E-state index contributed by atoms with van der Waals surface area (Å²) in [4.78, 5) is 16.4. The fourth-order valence-corrected chi connectivity index (χ4v) is 3.98. The first-order chi connectivity index (χ1) is 16.9. The largest absolute Gasteiger partial charge is 0.497 e. The zero-order valence-corrected chi connectivity index (χ0v) is 20.1. The first-order valence-electron chi connectivity index (χ1n) is 11.4. The van der Waals surface area contributed by atoms with Gasteiger partial charge in [0.1, 0.15) is 11.6 Å². The molecule has 35 heavy (non-hydrogen) atoms. The number of amides is 1. The van der Waals surface area contributed by atoms with Gasteiger partial charge < -0.3 is 10.1 Å². The Kier molecular flexibility index (Phi) is 7.13. The Labute approximate surface area is 205 Å². The summed E-state index contributed by atoms with van der Waals surface area (Å²) in [6, 6.07) is 27.6. The van der Waals surface area contributed by atoms with Crippen LogP contribution in [0.25, 0.3) is 11.1 Å². The van der Waals surface area contributed by atoms with Crippen molar-refractivity contribution in [3.8, 4) is 16.9 Å². The second-order valence-electron chi connectivity index (χ2n) is 8.83. The number of methoxy groups -OCH3 is 1. The van der Waals surface area contributed by atoms with Crippen LogP contribution in [0.1, 0.15) is 40.9 Å². The summed E-state index contributed by atoms with van der Waals surface area (Å²) in [5.41, 5.74) is 7.14. The van der Waals surface area contributed by atoms with Crippen LogP contribution in [0.3, 0.4) is 0 Å². The van der Waals surface area contributed by atoms with Crippen LogP contribution < -0.4 is 15.5 Å². The molecule has 0 aliphatic heterocycles. The SMILES string of the molecule is COc1ccc(-c2cc(C(C)(C)c3ccccc3)cnc2NCc2ccc(C(=O)NO)cc2)cc1. The fraction of sp³-hybridized carbons (Fsp3) is 0.172. The van der Waals surface area contributed by atoms with E-state index in [1.165, 1.54) is 5.56 Å². The number of pyridine rings is 1. The van der Waals surface area contributed by atoms with Gasteiger partial charge in [-0.1, -0.05) is 68.4 Å². The monoisotopic (exact) mass is 467 g/mol. The predicted octanol–water partition coefficient (Wildman–Crippen LogP) is 5.81. The van der Waals surface area contributed by atoms with E-state index in [-0.39, 0.29) is 5.41 Å². The van der Waals surface area contributed by atoms with Crippen LogP contribution in [0.15, 0.2) is 91.1 Å². The molecule has 1 aromatic heterocycles. The maximum Gasteiger partial charge on any atom is 0.274 e. The van der Waals surface area contributed by atoms with E-state index < -0.39 is 5.91 Å². The van der Waals surface area contributed by atoms with E-state index in [9.17, 15) is 4.79 Å². The van der Waals surface area contributed by atoms with E-state index in [4.69, 9.17) is 14.9 Å². The number of hydrogen-bond acceptors (Lipinski definition) is 5. The highest BCUT2D eigenvalue weighted by molar-refractivity contribution is 5.93. The van der Waals surface area contributed by atoms with Crippen molar-refractivity contribution in [1.82, 2.24) is 10.5 Å². The number of ether oxygens (including phenoxy) is 1. The summed E-state index contributed by atoms with van der Waals surface area (Å²) in [6.45, 7) is 4.93. The molecule has 3 aromatic carbocycles. The molecule has 3 N–H and O–H groups in total. The number of anilines is 1. The number of carbonyl (C=O) groups excluding carboxylic acids is 1. The zero-order valence-electron chi connectivity index (χ0n) is 20.1. The number of rotatable bonds is 8. The van der Waals surface area contributed by atoms with Crippen molar-refractivity contribution in [1.29, 1.82) is 0 Å². The summed E-state index contributed by atoms with van der Waals surface area (Å²) in [6.07, 6.45) is 1.93. The maximum absolute atomic E-state index is 11.6. The molecule has 0 saturated heterocycles. The minimum atomic E-state index is -0.537. The molecule has 178 valence electrons. The topological polar surface area (TPSA) is 83.5 Å². The molecule has 0 fully saturated rings. The lowest BCUT2D eigenvalue weighted by molar-refractivity contribution is 0.0706. The van der Waals surface area contributed by atoms with Crippen molar-refractivity contribution in [2.75, 3.05) is 12.4 Å². The fourth-order valence-electron chi connectivity index (χ4n) is 3.98. The summed E-state index contributed by atoms with van der Waals surface area (Å²) in [7, 11) is 1.65. The number of hydrogen-bond donors (Lipinski definition) is 3. The van der Waals surface area contributed by atoms with Gasteiger partial charge in [-0.3, -0.25) is 10.0 Å². The van der Waals surface area contributed by atoms with Crippen LogP contribution >= 0.6 is 0 Å². The molecular formula is C29H29N3O3. The lowest BCUT2D eigenvalue weighted by atomic mass is 9.78. The summed E-state index contributed by atoms with van der Waals surface area (Å²) in [5.74, 6) is 1.02. The van der Waals surface area contributed by atoms with E-state index in [0.29, 0.717) is 12.1 Å². The summed E-state index contributed by atoms with van der Waals surface area (Å²) < 4.78 is 5.34. The van der Waals surface area contributed by atoms with Crippen LogP contribution in [-0.2, 0) is 12.0 Å². The normalized spacial score (nSPS) is 11.1. The molecule has 0 aliphatic rings. The summed E-state index contributed by atoms with van der Waals surface area (Å²) in [5, 5.41) is 12.3. The standard InChI is InChI=1S/C29H29N3O3/c1-29(2,23-7-5-4-6-8-23)24-17-26(21-13-15-25(35-3)16-14-21)27(31-19-24)30-18-20-9-11-22(12-10-20)28(33)32-34/h4-17,19,34H,18H2,1-3H3,(H,30,31)(H,32,33). The van der Waals surface area contributed by atoms with Crippen LogP contribution in [0.2, 0.25) is 0 Å². The molecule has 0 bridgehead atoms. The number of nitrogens with zero attached hydrogens (tertiary/aromatic N) is 1.